The Morgan fingerprint density at radius 3 is 2.66 bits per heavy atom. The monoisotopic (exact) mass is 472 g/mol. The van der Waals surface area contributed by atoms with Gasteiger partial charge in [0.2, 0.25) is 11.5 Å². The van der Waals surface area contributed by atoms with Crippen LogP contribution in [-0.2, 0) is 6.54 Å². The van der Waals surface area contributed by atoms with Gasteiger partial charge in [-0.2, -0.15) is 4.98 Å². The first-order chi connectivity index (χ1) is 16.9. The van der Waals surface area contributed by atoms with Crippen molar-refractivity contribution in [1.82, 2.24) is 29.2 Å². The number of anilines is 3. The predicted molar refractivity (Wildman–Crippen MR) is 138 cm³/mol. The Balaban J connectivity index is 1.51. The fourth-order valence-corrected chi connectivity index (χ4v) is 4.44. The van der Waals surface area contributed by atoms with Gasteiger partial charge in [0.15, 0.2) is 5.65 Å². The van der Waals surface area contributed by atoms with Gasteiger partial charge >= 0.3 is 0 Å². The number of rotatable bonds is 6. The van der Waals surface area contributed by atoms with Gasteiger partial charge in [0.1, 0.15) is 11.2 Å². The van der Waals surface area contributed by atoms with E-state index in [-0.39, 0.29) is 17.7 Å². The van der Waals surface area contributed by atoms with E-state index >= 15 is 0 Å². The maximum absolute atomic E-state index is 13.0. The average molecular weight is 473 g/mol. The second kappa shape index (κ2) is 9.22. The number of nitrogens with one attached hydrogen (secondary N) is 2. The number of allylic oxidation sites excluding steroid dienone is 1. The van der Waals surface area contributed by atoms with Crippen molar-refractivity contribution < 1.29 is 0 Å². The average Bonchev–Trinajstić information content (AvgIpc) is 3.11. The summed E-state index contributed by atoms with van der Waals surface area (Å²) in [5.41, 5.74) is 3.10. The fourth-order valence-electron chi connectivity index (χ4n) is 4.44. The Morgan fingerprint density at radius 2 is 1.94 bits per heavy atom. The highest BCUT2D eigenvalue weighted by Gasteiger charge is 2.18. The molecule has 1 fully saturated rings. The Labute approximate surface area is 202 Å². The summed E-state index contributed by atoms with van der Waals surface area (Å²) in [5.74, 6) is 0.788. The van der Waals surface area contributed by atoms with Gasteiger partial charge in [-0.05, 0) is 43.8 Å². The first-order valence-corrected chi connectivity index (χ1v) is 11.5. The van der Waals surface area contributed by atoms with Crippen LogP contribution in [-0.4, -0.2) is 62.4 Å². The highest BCUT2D eigenvalue weighted by molar-refractivity contribution is 5.77. The molecule has 4 aromatic rings. The molecular formula is C25H28N8O2. The summed E-state index contributed by atoms with van der Waals surface area (Å²) in [6.45, 7) is 10.2. The first-order valence-electron chi connectivity index (χ1n) is 11.5. The van der Waals surface area contributed by atoms with Crippen LogP contribution in [0.3, 0.4) is 0 Å². The van der Waals surface area contributed by atoms with Gasteiger partial charge in [0.05, 0.1) is 6.54 Å². The van der Waals surface area contributed by atoms with Gasteiger partial charge in [0.25, 0.3) is 5.56 Å². The number of hydrogen-bond acceptors (Lipinski definition) is 7. The number of aryl methyl sites for hydroxylation is 1. The van der Waals surface area contributed by atoms with Crippen molar-refractivity contribution in [3.8, 4) is 5.82 Å². The van der Waals surface area contributed by atoms with Gasteiger partial charge in [-0.1, -0.05) is 12.1 Å². The van der Waals surface area contributed by atoms with E-state index in [2.05, 4.69) is 62.8 Å². The number of benzene rings is 1. The van der Waals surface area contributed by atoms with Gasteiger partial charge in [0, 0.05) is 49.8 Å². The second-order valence-corrected chi connectivity index (χ2v) is 8.74. The number of nitrogens with zero attached hydrogens (tertiary/aromatic N) is 6. The van der Waals surface area contributed by atoms with E-state index in [0.717, 1.165) is 37.4 Å². The molecule has 180 valence electrons. The highest BCUT2D eigenvalue weighted by atomic mass is 16.1. The van der Waals surface area contributed by atoms with Crippen molar-refractivity contribution in [3.05, 3.63) is 81.5 Å². The molecule has 0 atom stereocenters. The lowest BCUT2D eigenvalue weighted by Crippen LogP contribution is -2.44. The van der Waals surface area contributed by atoms with Crippen LogP contribution in [0.2, 0.25) is 0 Å². The summed E-state index contributed by atoms with van der Waals surface area (Å²) < 4.78 is 3.06. The van der Waals surface area contributed by atoms with Crippen LogP contribution in [0, 0.1) is 6.92 Å². The number of piperazine rings is 1. The molecule has 1 saturated heterocycles. The van der Waals surface area contributed by atoms with Crippen molar-refractivity contribution in [2.24, 2.45) is 0 Å². The minimum atomic E-state index is -0.273. The summed E-state index contributed by atoms with van der Waals surface area (Å²) in [6.07, 6.45) is 3.13. The molecular weight excluding hydrogens is 444 g/mol. The Morgan fingerprint density at radius 1 is 1.14 bits per heavy atom. The SMILES string of the molecule is C=CCn1c(=O)c2cnc(Nc3ccc(N4CCN(C)CC4)c(C)c3)nc2n1-c1cccc(=O)[nH]1. The molecule has 1 aliphatic rings. The molecule has 10 nitrogen and oxygen atoms in total. The number of likely N-dealkylation sites (N-methyl/N-ethyl adjacent to an activating group) is 1. The zero-order chi connectivity index (χ0) is 24.5. The van der Waals surface area contributed by atoms with Gasteiger partial charge in [-0.3, -0.25) is 9.59 Å². The number of aromatic amines is 1. The van der Waals surface area contributed by atoms with Crippen molar-refractivity contribution >= 4 is 28.4 Å². The third-order valence-corrected chi connectivity index (χ3v) is 6.26. The van der Waals surface area contributed by atoms with Crippen LogP contribution in [0.5, 0.6) is 0 Å². The lowest BCUT2D eigenvalue weighted by atomic mass is 10.1. The van der Waals surface area contributed by atoms with Crippen LogP contribution in [0.25, 0.3) is 16.9 Å². The molecule has 1 aromatic carbocycles. The topological polar surface area (TPSA) is 104 Å². The molecule has 3 aromatic heterocycles. The van der Waals surface area contributed by atoms with Crippen molar-refractivity contribution in [1.29, 1.82) is 0 Å². The van der Waals surface area contributed by atoms with Crippen LogP contribution in [0.4, 0.5) is 17.3 Å². The van der Waals surface area contributed by atoms with Gasteiger partial charge in [-0.15, -0.1) is 6.58 Å². The van der Waals surface area contributed by atoms with E-state index in [1.54, 1.807) is 22.9 Å². The zero-order valence-corrected chi connectivity index (χ0v) is 19.9. The third kappa shape index (κ3) is 4.35. The van der Waals surface area contributed by atoms with E-state index in [1.807, 2.05) is 6.07 Å². The summed E-state index contributed by atoms with van der Waals surface area (Å²) in [4.78, 5) is 41.5. The van der Waals surface area contributed by atoms with Crippen molar-refractivity contribution in [2.45, 2.75) is 13.5 Å². The number of pyridine rings is 1. The van der Waals surface area contributed by atoms with E-state index in [1.165, 1.54) is 22.6 Å². The molecule has 0 aliphatic carbocycles. The van der Waals surface area contributed by atoms with Crippen LogP contribution < -0.4 is 21.3 Å². The van der Waals surface area contributed by atoms with Crippen molar-refractivity contribution in [2.75, 3.05) is 43.4 Å². The molecule has 5 rings (SSSR count). The second-order valence-electron chi connectivity index (χ2n) is 8.74. The molecule has 0 bridgehead atoms. The smallest absolute Gasteiger partial charge is 0.278 e. The van der Waals surface area contributed by atoms with E-state index in [4.69, 9.17) is 0 Å². The quantitative estimate of drug-likeness (QED) is 0.415. The minimum Gasteiger partial charge on any atom is -0.369 e. The summed E-state index contributed by atoms with van der Waals surface area (Å²) in [5, 5.41) is 3.61. The first kappa shape index (κ1) is 22.6. The molecule has 35 heavy (non-hydrogen) atoms. The highest BCUT2D eigenvalue weighted by Crippen LogP contribution is 2.26. The Kier molecular flexibility index (Phi) is 5.96. The lowest BCUT2D eigenvalue weighted by molar-refractivity contribution is 0.312. The molecule has 0 amide bonds. The molecule has 0 radical (unpaired) electrons. The van der Waals surface area contributed by atoms with Crippen LogP contribution in [0.1, 0.15) is 5.56 Å². The largest absolute Gasteiger partial charge is 0.369 e. The van der Waals surface area contributed by atoms with E-state index in [9.17, 15) is 9.59 Å². The van der Waals surface area contributed by atoms with Gasteiger partial charge in [-0.25, -0.2) is 14.3 Å². The Bertz CT molecular complexity index is 1510. The third-order valence-electron chi connectivity index (χ3n) is 6.26. The molecule has 10 heteroatoms. The number of H-pyrrole nitrogens is 1. The molecule has 4 heterocycles. The zero-order valence-electron chi connectivity index (χ0n) is 19.9. The maximum Gasteiger partial charge on any atom is 0.278 e. The predicted octanol–water partition coefficient (Wildman–Crippen LogP) is 2.26. The van der Waals surface area contributed by atoms with Crippen LogP contribution in [0.15, 0.2) is 64.8 Å². The maximum atomic E-state index is 13.0. The molecule has 0 spiro atoms. The summed E-state index contributed by atoms with van der Waals surface area (Å²) in [7, 11) is 2.15. The summed E-state index contributed by atoms with van der Waals surface area (Å²) in [6, 6.07) is 11.0. The van der Waals surface area contributed by atoms with Crippen LogP contribution >= 0.6 is 0 Å². The molecule has 0 saturated carbocycles. The number of fused-ring (bicyclic) bond motifs is 1. The summed E-state index contributed by atoms with van der Waals surface area (Å²) >= 11 is 0. The normalized spacial score (nSPS) is 14.4. The van der Waals surface area contributed by atoms with Gasteiger partial charge < -0.3 is 20.1 Å². The van der Waals surface area contributed by atoms with E-state index in [0.29, 0.717) is 22.8 Å². The number of aromatic nitrogens is 5. The standard InChI is InChI=1S/C25H28N8O2/c1-4-10-32-24(35)19-16-26-25(29-23(19)33(32)21-6-5-7-22(34)28-21)27-18-8-9-20(17(2)15-18)31-13-11-30(3)12-14-31/h4-9,15-16H,1,10-14H2,2-3H3,(H,28,34)(H,26,27,29). The lowest BCUT2D eigenvalue weighted by Gasteiger charge is -2.35. The minimum absolute atomic E-state index is 0.252. The molecule has 1 aliphatic heterocycles. The number of hydrogen-bond donors (Lipinski definition) is 2. The molecule has 2 N–H and O–H groups in total. The fraction of sp³-hybridized carbons (Fsp3) is 0.280. The van der Waals surface area contributed by atoms with Crippen molar-refractivity contribution in [3.63, 3.8) is 0 Å². The van der Waals surface area contributed by atoms with E-state index < -0.39 is 0 Å². The molecule has 0 unspecified atom stereocenters. The Hall–Kier alpha value is -4.18.